The van der Waals surface area contributed by atoms with Crippen molar-refractivity contribution in [3.8, 4) is 0 Å². The number of nitrogens with zero attached hydrogens (tertiary/aromatic N) is 1. The summed E-state index contributed by atoms with van der Waals surface area (Å²) in [4.78, 5) is 13.7. The molecule has 1 heterocycles. The molecule has 0 spiro atoms. The Morgan fingerprint density at radius 2 is 2.17 bits per heavy atom. The number of rotatable bonds is 2. The second-order valence-corrected chi connectivity index (χ2v) is 6.89. The van der Waals surface area contributed by atoms with Crippen LogP contribution in [-0.4, -0.2) is 28.4 Å². The van der Waals surface area contributed by atoms with Gasteiger partial charge in [0.15, 0.2) is 0 Å². The average molecular weight is 312 g/mol. The van der Waals surface area contributed by atoms with Gasteiger partial charge < -0.3 is 9.64 Å². The van der Waals surface area contributed by atoms with Crippen molar-refractivity contribution < 1.29 is 9.53 Å². The van der Waals surface area contributed by atoms with E-state index in [1.807, 2.05) is 30.3 Å². The standard InChI is InChI=1S/C14H18BrNO2/c1-14(15)8-5-9-16(11-14)13(17)18-10-12-6-3-2-4-7-12/h2-4,6-7H,5,8-11H2,1H3/t14-/m0/s1. The zero-order valence-electron chi connectivity index (χ0n) is 10.6. The van der Waals surface area contributed by atoms with Crippen molar-refractivity contribution in [2.45, 2.75) is 30.7 Å². The van der Waals surface area contributed by atoms with Gasteiger partial charge in [-0.05, 0) is 25.3 Å². The van der Waals surface area contributed by atoms with Gasteiger partial charge in [0.2, 0.25) is 0 Å². The van der Waals surface area contributed by atoms with E-state index >= 15 is 0 Å². The molecule has 1 atom stereocenters. The van der Waals surface area contributed by atoms with Crippen LogP contribution in [0.25, 0.3) is 0 Å². The summed E-state index contributed by atoms with van der Waals surface area (Å²) >= 11 is 3.65. The van der Waals surface area contributed by atoms with Crippen molar-refractivity contribution in [1.82, 2.24) is 4.90 Å². The fraction of sp³-hybridized carbons (Fsp3) is 0.500. The second-order valence-electron chi connectivity index (χ2n) is 4.98. The Hall–Kier alpha value is -1.03. The maximum Gasteiger partial charge on any atom is 0.410 e. The number of alkyl halides is 1. The number of benzene rings is 1. The van der Waals surface area contributed by atoms with Crippen molar-refractivity contribution in [2.24, 2.45) is 0 Å². The molecule has 1 aliphatic heterocycles. The Kier molecular flexibility index (Phi) is 4.27. The fourth-order valence-corrected chi connectivity index (χ4v) is 2.74. The van der Waals surface area contributed by atoms with Crippen LogP contribution in [-0.2, 0) is 11.3 Å². The predicted molar refractivity (Wildman–Crippen MR) is 74.8 cm³/mol. The van der Waals surface area contributed by atoms with Crippen LogP contribution in [0.1, 0.15) is 25.3 Å². The zero-order chi connectivity index (χ0) is 13.0. The fourth-order valence-electron chi connectivity index (χ4n) is 2.16. The number of carbonyl (C=O) groups excluding carboxylic acids is 1. The first-order valence-electron chi connectivity index (χ1n) is 6.21. The molecule has 0 radical (unpaired) electrons. The van der Waals surface area contributed by atoms with Gasteiger partial charge in [-0.15, -0.1) is 0 Å². The molecule has 0 bridgehead atoms. The van der Waals surface area contributed by atoms with Crippen LogP contribution in [0.3, 0.4) is 0 Å². The average Bonchev–Trinajstić information content (AvgIpc) is 2.36. The summed E-state index contributed by atoms with van der Waals surface area (Å²) in [5, 5.41) is 0. The third-order valence-electron chi connectivity index (χ3n) is 3.11. The number of likely N-dealkylation sites (tertiary alicyclic amines) is 1. The lowest BCUT2D eigenvalue weighted by atomic mass is 10.0. The molecule has 1 aromatic rings. The summed E-state index contributed by atoms with van der Waals surface area (Å²) in [5.41, 5.74) is 1.02. The molecule has 1 amide bonds. The minimum absolute atomic E-state index is 0.0248. The lowest BCUT2D eigenvalue weighted by Gasteiger charge is -2.35. The summed E-state index contributed by atoms with van der Waals surface area (Å²) < 4.78 is 5.35. The van der Waals surface area contributed by atoms with Gasteiger partial charge in [0.05, 0.1) is 0 Å². The van der Waals surface area contributed by atoms with Crippen LogP contribution in [0, 0.1) is 0 Å². The predicted octanol–water partition coefficient (Wildman–Crippen LogP) is 3.57. The second kappa shape index (κ2) is 5.74. The van der Waals surface area contributed by atoms with Crippen LogP contribution >= 0.6 is 15.9 Å². The third-order valence-corrected chi connectivity index (χ3v) is 3.76. The van der Waals surface area contributed by atoms with Crippen LogP contribution < -0.4 is 0 Å². The van der Waals surface area contributed by atoms with Gasteiger partial charge in [0, 0.05) is 17.4 Å². The first-order chi connectivity index (χ1) is 8.57. The van der Waals surface area contributed by atoms with Crippen molar-refractivity contribution in [3.05, 3.63) is 35.9 Å². The Morgan fingerprint density at radius 1 is 1.44 bits per heavy atom. The summed E-state index contributed by atoms with van der Waals surface area (Å²) in [6, 6.07) is 9.75. The van der Waals surface area contributed by atoms with Gasteiger partial charge >= 0.3 is 6.09 Å². The molecule has 1 saturated heterocycles. The molecule has 18 heavy (non-hydrogen) atoms. The molecular weight excluding hydrogens is 294 g/mol. The molecule has 0 N–H and O–H groups in total. The maximum absolute atomic E-state index is 11.9. The van der Waals surface area contributed by atoms with Crippen molar-refractivity contribution in [3.63, 3.8) is 0 Å². The molecule has 4 heteroatoms. The molecule has 0 saturated carbocycles. The maximum atomic E-state index is 11.9. The highest BCUT2D eigenvalue weighted by Crippen LogP contribution is 2.29. The van der Waals surface area contributed by atoms with E-state index in [0.717, 1.165) is 24.9 Å². The summed E-state index contributed by atoms with van der Waals surface area (Å²) in [6.07, 6.45) is 1.89. The Balaban J connectivity index is 1.85. The molecule has 0 aromatic heterocycles. The van der Waals surface area contributed by atoms with Crippen LogP contribution in [0.15, 0.2) is 30.3 Å². The van der Waals surface area contributed by atoms with E-state index in [4.69, 9.17) is 4.74 Å². The molecule has 2 rings (SSSR count). The van der Waals surface area contributed by atoms with E-state index < -0.39 is 0 Å². The SMILES string of the molecule is C[C@]1(Br)CCCN(C(=O)OCc2ccccc2)C1. The molecule has 0 aliphatic carbocycles. The third kappa shape index (κ3) is 3.73. The lowest BCUT2D eigenvalue weighted by Crippen LogP contribution is -2.45. The molecule has 1 aliphatic rings. The smallest absolute Gasteiger partial charge is 0.410 e. The molecule has 98 valence electrons. The van der Waals surface area contributed by atoms with E-state index in [1.54, 1.807) is 4.90 Å². The van der Waals surface area contributed by atoms with Crippen LogP contribution in [0.4, 0.5) is 4.79 Å². The number of piperidine rings is 1. The minimum atomic E-state index is -0.218. The van der Waals surface area contributed by atoms with E-state index in [0.29, 0.717) is 13.2 Å². The van der Waals surface area contributed by atoms with E-state index in [-0.39, 0.29) is 10.4 Å². The lowest BCUT2D eigenvalue weighted by molar-refractivity contribution is 0.0850. The quantitative estimate of drug-likeness (QED) is 0.781. The first-order valence-corrected chi connectivity index (χ1v) is 7.01. The van der Waals surface area contributed by atoms with Crippen LogP contribution in [0.5, 0.6) is 0 Å². The van der Waals surface area contributed by atoms with E-state index in [1.165, 1.54) is 0 Å². The summed E-state index contributed by atoms with van der Waals surface area (Å²) in [7, 11) is 0. The number of halogens is 1. The number of hydrogen-bond acceptors (Lipinski definition) is 2. The minimum Gasteiger partial charge on any atom is -0.445 e. The number of amides is 1. The van der Waals surface area contributed by atoms with E-state index in [9.17, 15) is 4.79 Å². The first kappa shape index (κ1) is 13.4. The van der Waals surface area contributed by atoms with Gasteiger partial charge in [-0.2, -0.15) is 0 Å². The molecule has 0 unspecified atom stereocenters. The van der Waals surface area contributed by atoms with Crippen molar-refractivity contribution in [2.75, 3.05) is 13.1 Å². The number of ether oxygens (including phenoxy) is 1. The summed E-state index contributed by atoms with van der Waals surface area (Å²) in [5.74, 6) is 0. The molecule has 1 fully saturated rings. The number of hydrogen-bond donors (Lipinski definition) is 0. The van der Waals surface area contributed by atoms with E-state index in [2.05, 4.69) is 22.9 Å². The molecular formula is C14H18BrNO2. The Bertz CT molecular complexity index is 406. The highest BCUT2D eigenvalue weighted by atomic mass is 79.9. The van der Waals surface area contributed by atoms with Gasteiger partial charge in [-0.25, -0.2) is 4.79 Å². The molecule has 1 aromatic carbocycles. The largest absolute Gasteiger partial charge is 0.445 e. The topological polar surface area (TPSA) is 29.5 Å². The zero-order valence-corrected chi connectivity index (χ0v) is 12.1. The van der Waals surface area contributed by atoms with Crippen LogP contribution in [0.2, 0.25) is 0 Å². The monoisotopic (exact) mass is 311 g/mol. The normalized spacial score (nSPS) is 23.8. The van der Waals surface area contributed by atoms with Crippen molar-refractivity contribution in [1.29, 1.82) is 0 Å². The van der Waals surface area contributed by atoms with Gasteiger partial charge in [-0.3, -0.25) is 0 Å². The van der Waals surface area contributed by atoms with Crippen molar-refractivity contribution >= 4 is 22.0 Å². The van der Waals surface area contributed by atoms with Gasteiger partial charge in [-0.1, -0.05) is 46.3 Å². The Labute approximate surface area is 116 Å². The van der Waals surface area contributed by atoms with Gasteiger partial charge in [0.1, 0.15) is 6.61 Å². The highest BCUT2D eigenvalue weighted by Gasteiger charge is 2.31. The summed E-state index contributed by atoms with van der Waals surface area (Å²) in [6.45, 7) is 3.95. The highest BCUT2D eigenvalue weighted by molar-refractivity contribution is 9.10. The van der Waals surface area contributed by atoms with Gasteiger partial charge in [0.25, 0.3) is 0 Å². The Morgan fingerprint density at radius 3 is 2.83 bits per heavy atom. The molecule has 3 nitrogen and oxygen atoms in total. The number of carbonyl (C=O) groups is 1.